The second-order valence-corrected chi connectivity index (χ2v) is 11.0. The van der Waals surface area contributed by atoms with Crippen LogP contribution in [0.1, 0.15) is 49.7 Å². The Bertz CT molecular complexity index is 1250. The van der Waals surface area contributed by atoms with Gasteiger partial charge < -0.3 is 19.9 Å². The van der Waals surface area contributed by atoms with Gasteiger partial charge in [0.1, 0.15) is 5.75 Å². The molecule has 36 heavy (non-hydrogen) atoms. The van der Waals surface area contributed by atoms with Gasteiger partial charge in [-0.1, -0.05) is 35.3 Å². The molecule has 2 aromatic carbocycles. The molecule has 0 aliphatic carbocycles. The van der Waals surface area contributed by atoms with E-state index in [1.807, 2.05) is 23.1 Å². The zero-order chi connectivity index (χ0) is 25.2. The van der Waals surface area contributed by atoms with E-state index in [9.17, 15) is 9.90 Å². The first-order chi connectivity index (χ1) is 17.4. The summed E-state index contributed by atoms with van der Waals surface area (Å²) in [5.41, 5.74) is 3.12. The number of aromatic nitrogens is 1. The maximum Gasteiger partial charge on any atom is 0.246 e. The number of hydrogen-bond donors (Lipinski definition) is 2. The summed E-state index contributed by atoms with van der Waals surface area (Å²) in [4.78, 5) is 20.6. The van der Waals surface area contributed by atoms with Gasteiger partial charge >= 0.3 is 0 Å². The second-order valence-electron chi connectivity index (χ2n) is 10.2. The van der Waals surface area contributed by atoms with Gasteiger partial charge in [-0.25, -0.2) is 0 Å². The highest BCUT2D eigenvalue weighted by molar-refractivity contribution is 6.42. The van der Waals surface area contributed by atoms with Crippen LogP contribution in [0.3, 0.4) is 0 Å². The topological polar surface area (TPSA) is 59.6 Å². The Hall–Kier alpha value is -2.47. The van der Waals surface area contributed by atoms with E-state index >= 15 is 0 Å². The molecule has 2 saturated heterocycles. The second kappa shape index (κ2) is 10.9. The van der Waals surface area contributed by atoms with Gasteiger partial charge in [0.15, 0.2) is 0 Å². The van der Waals surface area contributed by atoms with Crippen molar-refractivity contribution in [1.82, 2.24) is 14.8 Å². The number of phenols is 1. The molecule has 1 unspecified atom stereocenters. The lowest BCUT2D eigenvalue weighted by molar-refractivity contribution is -0.127. The number of piperidine rings is 2. The summed E-state index contributed by atoms with van der Waals surface area (Å²) in [6.45, 7) is 6.08. The molecule has 1 aromatic heterocycles. The molecule has 5 rings (SSSR count). The van der Waals surface area contributed by atoms with Crippen molar-refractivity contribution >= 4 is 46.1 Å². The minimum Gasteiger partial charge on any atom is -0.507 e. The van der Waals surface area contributed by atoms with E-state index in [1.165, 1.54) is 5.56 Å². The molecule has 0 saturated carbocycles. The molecule has 0 radical (unpaired) electrons. The van der Waals surface area contributed by atoms with Crippen LogP contribution < -0.4 is 0 Å². The van der Waals surface area contributed by atoms with Gasteiger partial charge in [0, 0.05) is 42.3 Å². The number of aromatic amines is 1. The van der Waals surface area contributed by atoms with E-state index in [2.05, 4.69) is 23.0 Å². The summed E-state index contributed by atoms with van der Waals surface area (Å²) in [7, 11) is 0. The number of H-pyrrole nitrogens is 1. The number of rotatable bonds is 5. The Labute approximate surface area is 222 Å². The van der Waals surface area contributed by atoms with E-state index < -0.39 is 0 Å². The molecular formula is C29H33Cl2N3O2. The first-order valence-electron chi connectivity index (χ1n) is 12.9. The minimum atomic E-state index is 0.0509. The highest BCUT2D eigenvalue weighted by Gasteiger charge is 2.32. The molecule has 2 aliphatic rings. The van der Waals surface area contributed by atoms with Gasteiger partial charge in [-0.05, 0) is 99.0 Å². The number of halogens is 2. The predicted octanol–water partition coefficient (Wildman–Crippen LogP) is 6.70. The van der Waals surface area contributed by atoms with Crippen LogP contribution in [0.25, 0.3) is 17.0 Å². The molecule has 7 heteroatoms. The Morgan fingerprint density at radius 1 is 1.06 bits per heavy atom. The summed E-state index contributed by atoms with van der Waals surface area (Å²) < 4.78 is 0. The number of fused-ring (bicyclic) bond motifs is 1. The molecule has 0 spiro atoms. The smallest absolute Gasteiger partial charge is 0.246 e. The number of benzene rings is 2. The van der Waals surface area contributed by atoms with Gasteiger partial charge in [-0.2, -0.15) is 0 Å². The van der Waals surface area contributed by atoms with Crippen LogP contribution in [-0.4, -0.2) is 58.0 Å². The Kier molecular flexibility index (Phi) is 7.61. The summed E-state index contributed by atoms with van der Waals surface area (Å²) >= 11 is 12.0. The van der Waals surface area contributed by atoms with Crippen molar-refractivity contribution in [3.05, 3.63) is 69.8 Å². The van der Waals surface area contributed by atoms with Gasteiger partial charge in [0.05, 0.1) is 10.0 Å². The highest BCUT2D eigenvalue weighted by atomic mass is 35.5. The number of aromatic hydroxyl groups is 1. The molecule has 0 bridgehead atoms. The maximum absolute atomic E-state index is 12.7. The molecule has 190 valence electrons. The fraction of sp³-hybridized carbons (Fsp3) is 0.414. The predicted molar refractivity (Wildman–Crippen MR) is 148 cm³/mol. The van der Waals surface area contributed by atoms with E-state index in [4.69, 9.17) is 23.2 Å². The van der Waals surface area contributed by atoms with Crippen LogP contribution in [-0.2, 0) is 4.79 Å². The maximum atomic E-state index is 12.7. The number of likely N-dealkylation sites (tertiary alicyclic amines) is 2. The zero-order valence-corrected chi connectivity index (χ0v) is 22.1. The third kappa shape index (κ3) is 5.29. The minimum absolute atomic E-state index is 0.0509. The van der Waals surface area contributed by atoms with Gasteiger partial charge in [-0.3, -0.25) is 4.79 Å². The Balaban J connectivity index is 1.12. The lowest BCUT2D eigenvalue weighted by atomic mass is 9.85. The third-order valence-electron chi connectivity index (χ3n) is 8.16. The van der Waals surface area contributed by atoms with Crippen molar-refractivity contribution in [2.75, 3.05) is 26.2 Å². The highest BCUT2D eigenvalue weighted by Crippen LogP contribution is 2.38. The molecule has 3 heterocycles. The molecule has 2 aliphatic heterocycles. The average Bonchev–Trinajstić information content (AvgIpc) is 3.34. The van der Waals surface area contributed by atoms with Gasteiger partial charge in [0.2, 0.25) is 5.91 Å². The fourth-order valence-electron chi connectivity index (χ4n) is 5.92. The summed E-state index contributed by atoms with van der Waals surface area (Å²) in [6, 6.07) is 11.6. The molecule has 2 fully saturated rings. The van der Waals surface area contributed by atoms with Crippen LogP contribution in [0.5, 0.6) is 5.75 Å². The number of phenolic OH excluding ortho intramolecular Hbond substituents is 1. The molecule has 3 aromatic rings. The first kappa shape index (κ1) is 25.2. The molecular weight excluding hydrogens is 493 g/mol. The molecule has 5 nitrogen and oxygen atoms in total. The SMILES string of the molecule is CC(C1CCN(C(=O)C=Cc2ccc(Cl)c(Cl)c2)CC1)N1CCC(c2c[nH]c3cccc(O)c23)CC1. The monoisotopic (exact) mass is 525 g/mol. The number of carbonyl (C=O) groups excluding carboxylic acids is 1. The third-order valence-corrected chi connectivity index (χ3v) is 8.89. The van der Waals surface area contributed by atoms with Crippen molar-refractivity contribution in [2.24, 2.45) is 5.92 Å². The van der Waals surface area contributed by atoms with Crippen LogP contribution in [0.2, 0.25) is 10.0 Å². The summed E-state index contributed by atoms with van der Waals surface area (Å²) in [6.07, 6.45) is 9.78. The lowest BCUT2D eigenvalue weighted by Crippen LogP contribution is -2.47. The normalized spacial score (nSPS) is 19.4. The van der Waals surface area contributed by atoms with Crippen molar-refractivity contribution < 1.29 is 9.90 Å². The van der Waals surface area contributed by atoms with Crippen molar-refractivity contribution in [3.63, 3.8) is 0 Å². The number of amides is 1. The molecule has 1 atom stereocenters. The Morgan fingerprint density at radius 3 is 2.53 bits per heavy atom. The van der Waals surface area contributed by atoms with E-state index in [-0.39, 0.29) is 5.91 Å². The number of nitrogens with one attached hydrogen (secondary N) is 1. The number of hydrogen-bond acceptors (Lipinski definition) is 3. The van der Waals surface area contributed by atoms with Crippen molar-refractivity contribution in [1.29, 1.82) is 0 Å². The van der Waals surface area contributed by atoms with Crippen LogP contribution in [0, 0.1) is 5.92 Å². The van der Waals surface area contributed by atoms with Crippen LogP contribution in [0.15, 0.2) is 48.7 Å². The van der Waals surface area contributed by atoms with Gasteiger partial charge in [0.25, 0.3) is 0 Å². The summed E-state index contributed by atoms with van der Waals surface area (Å²) in [5.74, 6) is 1.49. The summed E-state index contributed by atoms with van der Waals surface area (Å²) in [5, 5.41) is 12.4. The largest absolute Gasteiger partial charge is 0.507 e. The zero-order valence-electron chi connectivity index (χ0n) is 20.6. The van der Waals surface area contributed by atoms with E-state index in [1.54, 1.807) is 30.4 Å². The van der Waals surface area contributed by atoms with Crippen LogP contribution >= 0.6 is 23.2 Å². The first-order valence-corrected chi connectivity index (χ1v) is 13.6. The van der Waals surface area contributed by atoms with E-state index in [0.29, 0.717) is 33.7 Å². The molecule has 2 N–H and O–H groups in total. The number of carbonyl (C=O) groups is 1. The van der Waals surface area contributed by atoms with Crippen molar-refractivity contribution in [2.45, 2.75) is 44.6 Å². The van der Waals surface area contributed by atoms with Gasteiger partial charge in [-0.15, -0.1) is 0 Å². The van der Waals surface area contributed by atoms with Crippen molar-refractivity contribution in [3.8, 4) is 5.75 Å². The Morgan fingerprint density at radius 2 is 1.81 bits per heavy atom. The quantitative estimate of drug-likeness (QED) is 0.364. The standard InChI is InChI=1S/C29H33Cl2N3O2/c1-19(33-13-11-22(12-14-33)23-18-32-26-3-2-4-27(35)29(23)26)21-9-15-34(16-10-21)28(36)8-6-20-5-7-24(30)25(31)17-20/h2-8,17-19,21-22,32,35H,9-16H2,1H3. The van der Waals surface area contributed by atoms with Crippen LogP contribution in [0.4, 0.5) is 0 Å². The number of nitrogens with zero attached hydrogens (tertiary/aromatic N) is 2. The van der Waals surface area contributed by atoms with E-state index in [0.717, 1.165) is 68.3 Å². The lowest BCUT2D eigenvalue weighted by Gasteiger charge is -2.42. The average molecular weight is 527 g/mol. The fourth-order valence-corrected chi connectivity index (χ4v) is 6.23. The molecule has 1 amide bonds.